The van der Waals surface area contributed by atoms with Crippen LogP contribution in [0, 0.1) is 0 Å². The van der Waals surface area contributed by atoms with Crippen LogP contribution in [0.1, 0.15) is 49.9 Å². The molecule has 0 unspecified atom stereocenters. The zero-order chi connectivity index (χ0) is 42.2. The second-order valence-electron chi connectivity index (χ2n) is 18.3. The molecule has 0 N–H and O–H groups in total. The van der Waals surface area contributed by atoms with Gasteiger partial charge in [0.25, 0.3) is 0 Å². The zero-order valence-electron chi connectivity index (χ0n) is 35.5. The van der Waals surface area contributed by atoms with Gasteiger partial charge in [-0.2, -0.15) is 0 Å². The lowest BCUT2D eigenvalue weighted by Crippen LogP contribution is -2.15. The minimum absolute atomic E-state index is 0.113. The van der Waals surface area contributed by atoms with Crippen molar-refractivity contribution in [1.82, 2.24) is 15.0 Å². The van der Waals surface area contributed by atoms with E-state index in [9.17, 15) is 0 Å². The van der Waals surface area contributed by atoms with Crippen LogP contribution in [-0.2, 0) is 10.8 Å². The lowest BCUT2D eigenvalue weighted by molar-refractivity contribution is 0.653. The summed E-state index contributed by atoms with van der Waals surface area (Å²) < 4.78 is 6.91. The normalized spacial score (nSPS) is 14.3. The molecular formula is C59H41N3O. The molecule has 0 fully saturated rings. The van der Waals surface area contributed by atoms with Gasteiger partial charge in [0, 0.05) is 43.9 Å². The Hall–Kier alpha value is -7.69. The van der Waals surface area contributed by atoms with Crippen molar-refractivity contribution in [1.29, 1.82) is 0 Å². The summed E-state index contributed by atoms with van der Waals surface area (Å²) in [5, 5.41) is 6.89. The highest BCUT2D eigenvalue weighted by atomic mass is 16.3. The van der Waals surface area contributed by atoms with Crippen molar-refractivity contribution in [3.05, 3.63) is 198 Å². The summed E-state index contributed by atoms with van der Waals surface area (Å²) in [7, 11) is 0. The average Bonchev–Trinajstić information content (AvgIpc) is 3.91. The molecule has 2 aliphatic carbocycles. The molecule has 0 aliphatic heterocycles. The van der Waals surface area contributed by atoms with E-state index < -0.39 is 0 Å². The van der Waals surface area contributed by atoms with Gasteiger partial charge in [-0.1, -0.05) is 185 Å². The summed E-state index contributed by atoms with van der Waals surface area (Å²) in [6.07, 6.45) is 0. The smallest absolute Gasteiger partial charge is 0.164 e. The highest BCUT2D eigenvalue weighted by Gasteiger charge is 2.40. The first-order valence-corrected chi connectivity index (χ1v) is 21.9. The fourth-order valence-electron chi connectivity index (χ4n) is 11.0. The number of furan rings is 1. The molecular weight excluding hydrogens is 767 g/mol. The summed E-state index contributed by atoms with van der Waals surface area (Å²) in [5.74, 6) is 1.85. The van der Waals surface area contributed by atoms with Gasteiger partial charge < -0.3 is 4.42 Å². The van der Waals surface area contributed by atoms with Crippen LogP contribution in [0.3, 0.4) is 0 Å². The minimum Gasteiger partial charge on any atom is -0.455 e. The highest BCUT2D eigenvalue weighted by molar-refractivity contribution is 6.19. The van der Waals surface area contributed by atoms with Crippen LogP contribution in [-0.4, -0.2) is 15.0 Å². The number of rotatable bonds is 4. The lowest BCUT2D eigenvalue weighted by Gasteiger charge is -2.22. The molecule has 13 rings (SSSR count). The first-order chi connectivity index (χ1) is 30.8. The molecule has 4 nitrogen and oxygen atoms in total. The van der Waals surface area contributed by atoms with E-state index in [2.05, 4.69) is 198 Å². The third kappa shape index (κ3) is 5.06. The Kier molecular flexibility index (Phi) is 7.38. The largest absolute Gasteiger partial charge is 0.455 e. The van der Waals surface area contributed by atoms with Crippen molar-refractivity contribution < 1.29 is 4.42 Å². The van der Waals surface area contributed by atoms with Crippen molar-refractivity contribution in [3.8, 4) is 67.5 Å². The monoisotopic (exact) mass is 807 g/mol. The van der Waals surface area contributed by atoms with Gasteiger partial charge in [-0.25, -0.2) is 15.0 Å². The topological polar surface area (TPSA) is 51.8 Å². The molecule has 298 valence electrons. The molecule has 0 atom stereocenters. The van der Waals surface area contributed by atoms with E-state index in [-0.39, 0.29) is 10.8 Å². The maximum absolute atomic E-state index is 6.91. The molecule has 2 aliphatic rings. The van der Waals surface area contributed by atoms with E-state index in [1.54, 1.807) is 0 Å². The van der Waals surface area contributed by atoms with Crippen molar-refractivity contribution in [2.45, 2.75) is 38.5 Å². The standard InChI is InChI=1S/C59H41N3O/c1-58(2)45-23-13-10-20-40(45)52-47(58)31-30-36-28-26-35-27-29-37(32-43(35)50(36)52)55-60-56(39-19-9-8-18-38(39)34-16-6-5-7-17-34)62-57(61-55)44-33-48-53(41-21-11-14-24-46(41)59(48,3)4)54-51(44)42-22-12-15-25-49(42)63-54/h5-33H,1-4H3. The highest BCUT2D eigenvalue weighted by Crippen LogP contribution is 2.55. The van der Waals surface area contributed by atoms with E-state index in [4.69, 9.17) is 19.4 Å². The first-order valence-electron chi connectivity index (χ1n) is 21.9. The maximum Gasteiger partial charge on any atom is 0.164 e. The van der Waals surface area contributed by atoms with Crippen molar-refractivity contribution in [2.24, 2.45) is 0 Å². The Labute approximate surface area is 365 Å². The molecule has 0 saturated heterocycles. The van der Waals surface area contributed by atoms with Gasteiger partial charge in [-0.15, -0.1) is 0 Å². The fraction of sp³-hybridized carbons (Fsp3) is 0.102. The Balaban J connectivity index is 1.12. The number of hydrogen-bond acceptors (Lipinski definition) is 4. The molecule has 0 radical (unpaired) electrons. The molecule has 0 saturated carbocycles. The minimum atomic E-state index is -0.278. The van der Waals surface area contributed by atoms with E-state index in [1.807, 2.05) is 6.07 Å². The van der Waals surface area contributed by atoms with E-state index in [1.165, 1.54) is 60.5 Å². The van der Waals surface area contributed by atoms with Gasteiger partial charge in [0.2, 0.25) is 0 Å². The summed E-state index contributed by atoms with van der Waals surface area (Å²) in [4.78, 5) is 16.4. The molecule has 2 aromatic heterocycles. The predicted octanol–water partition coefficient (Wildman–Crippen LogP) is 15.4. The molecule has 63 heavy (non-hydrogen) atoms. The van der Waals surface area contributed by atoms with Gasteiger partial charge in [-0.05, 0) is 89.8 Å². The van der Waals surface area contributed by atoms with Crippen LogP contribution in [0.15, 0.2) is 180 Å². The number of hydrogen-bond donors (Lipinski definition) is 0. The summed E-state index contributed by atoms with van der Waals surface area (Å²) in [5.41, 5.74) is 16.5. The van der Waals surface area contributed by atoms with Crippen molar-refractivity contribution >= 4 is 43.5 Å². The molecule has 9 aromatic carbocycles. The second kappa shape index (κ2) is 12.9. The molecule has 0 spiro atoms. The molecule has 11 aromatic rings. The quantitative estimate of drug-likeness (QED) is 0.166. The molecule has 4 heteroatoms. The van der Waals surface area contributed by atoms with Crippen LogP contribution in [0.2, 0.25) is 0 Å². The number of benzene rings is 9. The van der Waals surface area contributed by atoms with E-state index in [0.717, 1.165) is 55.3 Å². The molecule has 2 heterocycles. The van der Waals surface area contributed by atoms with Crippen LogP contribution in [0.25, 0.3) is 111 Å². The third-order valence-corrected chi connectivity index (χ3v) is 14.1. The molecule has 0 bridgehead atoms. The van der Waals surface area contributed by atoms with Gasteiger partial charge >= 0.3 is 0 Å². The van der Waals surface area contributed by atoms with Gasteiger partial charge in [0.15, 0.2) is 17.5 Å². The number of para-hydroxylation sites is 1. The summed E-state index contributed by atoms with van der Waals surface area (Å²) >= 11 is 0. The molecule has 0 amide bonds. The number of aromatic nitrogens is 3. The Morgan fingerprint density at radius 3 is 1.71 bits per heavy atom. The van der Waals surface area contributed by atoms with Gasteiger partial charge in [-0.3, -0.25) is 0 Å². The number of fused-ring (bicyclic) bond motifs is 14. The Bertz CT molecular complexity index is 3740. The van der Waals surface area contributed by atoms with Crippen LogP contribution >= 0.6 is 0 Å². The fourth-order valence-corrected chi connectivity index (χ4v) is 11.0. The van der Waals surface area contributed by atoms with E-state index >= 15 is 0 Å². The number of nitrogens with zero attached hydrogens (tertiary/aromatic N) is 3. The van der Waals surface area contributed by atoms with Crippen molar-refractivity contribution in [3.63, 3.8) is 0 Å². The van der Waals surface area contributed by atoms with Gasteiger partial charge in [0.1, 0.15) is 11.2 Å². The van der Waals surface area contributed by atoms with E-state index in [0.29, 0.717) is 17.5 Å². The van der Waals surface area contributed by atoms with Crippen molar-refractivity contribution in [2.75, 3.05) is 0 Å². The summed E-state index contributed by atoms with van der Waals surface area (Å²) in [6, 6.07) is 63.1. The Morgan fingerprint density at radius 1 is 0.365 bits per heavy atom. The lowest BCUT2D eigenvalue weighted by atomic mass is 9.81. The van der Waals surface area contributed by atoms with Crippen LogP contribution in [0.5, 0.6) is 0 Å². The zero-order valence-corrected chi connectivity index (χ0v) is 35.5. The summed E-state index contributed by atoms with van der Waals surface area (Å²) in [6.45, 7) is 9.32. The van der Waals surface area contributed by atoms with Crippen LogP contribution in [0.4, 0.5) is 0 Å². The maximum atomic E-state index is 6.91. The SMILES string of the molecule is CC1(C)c2ccccc2-c2c1cc(-c1nc(-c3ccc4ccc5ccc6c(c5c4c3)-c3ccccc3C6(C)C)nc(-c3ccccc3-c3ccccc3)n1)c1c2oc2ccccc21. The average molecular weight is 808 g/mol. The predicted molar refractivity (Wildman–Crippen MR) is 259 cm³/mol. The first kappa shape index (κ1) is 36.0. The third-order valence-electron chi connectivity index (χ3n) is 14.1. The second-order valence-corrected chi connectivity index (χ2v) is 18.3. The van der Waals surface area contributed by atoms with Gasteiger partial charge in [0.05, 0.1) is 0 Å². The van der Waals surface area contributed by atoms with Crippen LogP contribution < -0.4 is 0 Å². The Morgan fingerprint density at radius 2 is 0.937 bits per heavy atom.